The average Bonchev–Trinajstić information content (AvgIpc) is 2.65. The van der Waals surface area contributed by atoms with E-state index in [1.54, 1.807) is 12.1 Å². The highest BCUT2D eigenvalue weighted by Gasteiger charge is 2.08. The van der Waals surface area contributed by atoms with Crippen molar-refractivity contribution in [2.75, 3.05) is 6.61 Å². The molecular formula is C10H15N3O2S. The zero-order valence-electron chi connectivity index (χ0n) is 9.27. The molecule has 0 aliphatic heterocycles. The van der Waals surface area contributed by atoms with Crippen molar-refractivity contribution in [3.05, 3.63) is 21.9 Å². The maximum absolute atomic E-state index is 10.9. The van der Waals surface area contributed by atoms with E-state index < -0.39 is 5.91 Å². The van der Waals surface area contributed by atoms with Crippen LogP contribution in [0.1, 0.15) is 28.4 Å². The average molecular weight is 241 g/mol. The van der Waals surface area contributed by atoms with E-state index in [1.165, 1.54) is 11.3 Å². The lowest BCUT2D eigenvalue weighted by Gasteiger charge is -2.02. The standard InChI is InChI=1S/C10H15N3O2S/c1-6(2)5-15-13-9(11)7-3-4-8(16-7)10(12)14/h3-4,6H,5H2,1-2H3,(H2,11,13)(H2,12,14). The Hall–Kier alpha value is -1.56. The van der Waals surface area contributed by atoms with E-state index in [0.717, 1.165) is 0 Å². The summed E-state index contributed by atoms with van der Waals surface area (Å²) in [6, 6.07) is 3.31. The van der Waals surface area contributed by atoms with Crippen LogP contribution in [0.4, 0.5) is 0 Å². The summed E-state index contributed by atoms with van der Waals surface area (Å²) in [5, 5.41) is 3.76. The van der Waals surface area contributed by atoms with Crippen LogP contribution in [0, 0.1) is 5.92 Å². The first-order valence-corrected chi connectivity index (χ1v) is 5.67. The molecule has 88 valence electrons. The molecule has 1 amide bonds. The third kappa shape index (κ3) is 3.54. The van der Waals surface area contributed by atoms with E-state index in [9.17, 15) is 4.79 Å². The van der Waals surface area contributed by atoms with Crippen LogP contribution in [0.5, 0.6) is 0 Å². The van der Waals surface area contributed by atoms with Crippen LogP contribution in [0.25, 0.3) is 0 Å². The number of rotatable bonds is 5. The molecule has 0 fully saturated rings. The molecular weight excluding hydrogens is 226 g/mol. The fourth-order valence-electron chi connectivity index (χ4n) is 0.909. The van der Waals surface area contributed by atoms with Gasteiger partial charge in [-0.3, -0.25) is 4.79 Å². The zero-order chi connectivity index (χ0) is 12.1. The molecule has 0 radical (unpaired) electrons. The molecule has 1 heterocycles. The van der Waals surface area contributed by atoms with Crippen LogP contribution in [0.2, 0.25) is 0 Å². The van der Waals surface area contributed by atoms with Gasteiger partial charge in [0.25, 0.3) is 5.91 Å². The number of hydrogen-bond donors (Lipinski definition) is 2. The van der Waals surface area contributed by atoms with E-state index in [-0.39, 0.29) is 5.84 Å². The van der Waals surface area contributed by atoms with Crippen molar-refractivity contribution in [2.24, 2.45) is 22.5 Å². The molecule has 0 bridgehead atoms. The number of oxime groups is 1. The van der Waals surface area contributed by atoms with Crippen LogP contribution < -0.4 is 11.5 Å². The highest BCUT2D eigenvalue weighted by Crippen LogP contribution is 2.15. The first-order chi connectivity index (χ1) is 7.50. The molecule has 0 unspecified atom stereocenters. The van der Waals surface area contributed by atoms with E-state index in [4.69, 9.17) is 16.3 Å². The van der Waals surface area contributed by atoms with Gasteiger partial charge >= 0.3 is 0 Å². The van der Waals surface area contributed by atoms with Crippen molar-refractivity contribution in [3.8, 4) is 0 Å². The summed E-state index contributed by atoms with van der Waals surface area (Å²) in [5.41, 5.74) is 10.8. The summed E-state index contributed by atoms with van der Waals surface area (Å²) >= 11 is 1.20. The van der Waals surface area contributed by atoms with Gasteiger partial charge in [0.15, 0.2) is 5.84 Å². The van der Waals surface area contributed by atoms with Crippen molar-refractivity contribution in [1.82, 2.24) is 0 Å². The van der Waals surface area contributed by atoms with E-state index in [0.29, 0.717) is 22.3 Å². The molecule has 1 aromatic heterocycles. The SMILES string of the molecule is CC(C)CON=C(N)c1ccc(C(N)=O)s1. The number of amides is 1. The second-order valence-corrected chi connectivity index (χ2v) is 4.78. The quantitative estimate of drug-likeness (QED) is 0.460. The Morgan fingerprint density at radius 1 is 1.44 bits per heavy atom. The predicted molar refractivity (Wildman–Crippen MR) is 64.4 cm³/mol. The summed E-state index contributed by atoms with van der Waals surface area (Å²) in [6.07, 6.45) is 0. The van der Waals surface area contributed by atoms with Gasteiger partial charge in [0, 0.05) is 0 Å². The highest BCUT2D eigenvalue weighted by atomic mass is 32.1. The minimum absolute atomic E-state index is 0.262. The first kappa shape index (κ1) is 12.5. The highest BCUT2D eigenvalue weighted by molar-refractivity contribution is 7.16. The van der Waals surface area contributed by atoms with Crippen molar-refractivity contribution in [2.45, 2.75) is 13.8 Å². The molecule has 5 nitrogen and oxygen atoms in total. The molecule has 0 saturated carbocycles. The number of nitrogens with two attached hydrogens (primary N) is 2. The summed E-state index contributed by atoms with van der Waals surface area (Å²) in [4.78, 5) is 17.0. The molecule has 0 aromatic carbocycles. The van der Waals surface area contributed by atoms with Crippen molar-refractivity contribution in [3.63, 3.8) is 0 Å². The predicted octanol–water partition coefficient (Wildman–Crippen LogP) is 1.14. The van der Waals surface area contributed by atoms with Gasteiger partial charge in [-0.2, -0.15) is 0 Å². The summed E-state index contributed by atoms with van der Waals surface area (Å²) in [7, 11) is 0. The number of carbonyl (C=O) groups is 1. The largest absolute Gasteiger partial charge is 0.394 e. The second-order valence-electron chi connectivity index (χ2n) is 3.69. The Balaban J connectivity index is 2.65. The van der Waals surface area contributed by atoms with Gasteiger partial charge < -0.3 is 16.3 Å². The van der Waals surface area contributed by atoms with Gasteiger partial charge in [0.1, 0.15) is 6.61 Å². The van der Waals surface area contributed by atoms with Gasteiger partial charge in [-0.15, -0.1) is 11.3 Å². The van der Waals surface area contributed by atoms with E-state index in [2.05, 4.69) is 5.16 Å². The molecule has 16 heavy (non-hydrogen) atoms. The topological polar surface area (TPSA) is 90.7 Å². The Labute approximate surface area is 98.1 Å². The van der Waals surface area contributed by atoms with Crippen LogP contribution in [-0.2, 0) is 4.84 Å². The number of thiophene rings is 1. The van der Waals surface area contributed by atoms with Crippen LogP contribution >= 0.6 is 11.3 Å². The fourth-order valence-corrected chi connectivity index (χ4v) is 1.66. The van der Waals surface area contributed by atoms with Crippen molar-refractivity contribution in [1.29, 1.82) is 0 Å². The third-order valence-electron chi connectivity index (χ3n) is 1.67. The number of amidine groups is 1. The van der Waals surface area contributed by atoms with Gasteiger partial charge in [-0.1, -0.05) is 19.0 Å². The first-order valence-electron chi connectivity index (χ1n) is 4.86. The fraction of sp³-hybridized carbons (Fsp3) is 0.400. The zero-order valence-corrected chi connectivity index (χ0v) is 10.1. The maximum atomic E-state index is 10.9. The van der Waals surface area contributed by atoms with Gasteiger partial charge in [0.05, 0.1) is 9.75 Å². The Morgan fingerprint density at radius 3 is 2.56 bits per heavy atom. The molecule has 0 atom stereocenters. The van der Waals surface area contributed by atoms with Crippen LogP contribution in [0.3, 0.4) is 0 Å². The van der Waals surface area contributed by atoms with E-state index in [1.807, 2.05) is 13.8 Å². The number of carbonyl (C=O) groups excluding carboxylic acids is 1. The lowest BCUT2D eigenvalue weighted by Crippen LogP contribution is -2.13. The van der Waals surface area contributed by atoms with Crippen molar-refractivity contribution >= 4 is 23.1 Å². The normalized spacial score (nSPS) is 11.8. The monoisotopic (exact) mass is 241 g/mol. The second kappa shape index (κ2) is 5.50. The molecule has 4 N–H and O–H groups in total. The molecule has 1 rings (SSSR count). The molecule has 0 spiro atoms. The molecule has 6 heteroatoms. The maximum Gasteiger partial charge on any atom is 0.258 e. The Kier molecular flexibility index (Phi) is 4.30. The van der Waals surface area contributed by atoms with Gasteiger partial charge in [-0.25, -0.2) is 0 Å². The lowest BCUT2D eigenvalue weighted by atomic mass is 10.2. The van der Waals surface area contributed by atoms with Crippen LogP contribution in [-0.4, -0.2) is 18.3 Å². The van der Waals surface area contributed by atoms with E-state index >= 15 is 0 Å². The van der Waals surface area contributed by atoms with Crippen LogP contribution in [0.15, 0.2) is 17.3 Å². The third-order valence-corrected chi connectivity index (χ3v) is 2.79. The number of nitrogens with zero attached hydrogens (tertiary/aromatic N) is 1. The molecule has 0 saturated heterocycles. The Bertz CT molecular complexity index is 399. The summed E-state index contributed by atoms with van der Waals surface area (Å²) < 4.78 is 0. The molecule has 1 aromatic rings. The summed E-state index contributed by atoms with van der Waals surface area (Å²) in [6.45, 7) is 4.54. The molecule has 0 aliphatic rings. The lowest BCUT2D eigenvalue weighted by molar-refractivity contribution is 0.100. The number of primary amides is 1. The van der Waals surface area contributed by atoms with Gasteiger partial charge in [0.2, 0.25) is 0 Å². The minimum atomic E-state index is -0.466. The van der Waals surface area contributed by atoms with Gasteiger partial charge in [-0.05, 0) is 18.1 Å². The molecule has 0 aliphatic carbocycles. The smallest absolute Gasteiger partial charge is 0.258 e. The van der Waals surface area contributed by atoms with Crippen molar-refractivity contribution < 1.29 is 9.63 Å². The Morgan fingerprint density at radius 2 is 2.06 bits per heavy atom. The summed E-state index contributed by atoms with van der Waals surface area (Å²) in [5.74, 6) is 0.186. The minimum Gasteiger partial charge on any atom is -0.394 e. The number of hydrogen-bond acceptors (Lipinski definition) is 4.